The summed E-state index contributed by atoms with van der Waals surface area (Å²) in [5.41, 5.74) is 38.8. The Morgan fingerprint density at radius 3 is 1.90 bits per heavy atom. The Morgan fingerprint density at radius 1 is 0.629 bits per heavy atom. The summed E-state index contributed by atoms with van der Waals surface area (Å²) in [5.74, 6) is -9.08. The second-order valence-corrected chi connectivity index (χ2v) is 26.1. The first-order valence-electron chi connectivity index (χ1n) is 34.3. The number of guanidine groups is 1. The third-order valence-corrected chi connectivity index (χ3v) is 18.7. The van der Waals surface area contributed by atoms with Crippen LogP contribution in [-0.4, -0.2) is 166 Å². The molecule has 0 saturated carbocycles. The van der Waals surface area contributed by atoms with Gasteiger partial charge in [-0.3, -0.25) is 53.4 Å². The summed E-state index contributed by atoms with van der Waals surface area (Å²) in [6.07, 6.45) is -1.47. The number of carbonyl (C=O) groups is 11. The quantitative estimate of drug-likeness (QED) is 0.00868. The fourth-order valence-corrected chi connectivity index (χ4v) is 13.1. The number of nitrogens with one attached hydrogen (secondary N) is 8. The lowest BCUT2D eigenvalue weighted by atomic mass is 9.77. The first kappa shape index (κ1) is 76.9. The number of anilines is 2. The van der Waals surface area contributed by atoms with Crippen LogP contribution in [0.25, 0.3) is 0 Å². The minimum Gasteiger partial charge on any atom is -0.508 e. The molecule has 10 amide bonds. The van der Waals surface area contributed by atoms with E-state index in [0.29, 0.717) is 62.7 Å². The number of likely N-dealkylation sites (N-methyl/N-ethyl adjacent to an activating group) is 1. The molecule has 22 N–H and O–H groups in total. The van der Waals surface area contributed by atoms with Gasteiger partial charge < -0.3 is 101 Å². The largest absolute Gasteiger partial charge is 0.508 e. The summed E-state index contributed by atoms with van der Waals surface area (Å²) in [5, 5.41) is 46.6. The van der Waals surface area contributed by atoms with E-state index in [0.717, 1.165) is 5.56 Å². The third-order valence-electron chi connectivity index (χ3n) is 18.7. The van der Waals surface area contributed by atoms with Crippen LogP contribution in [0.3, 0.4) is 0 Å². The fraction of sp³-hybridized carbons (Fsp3) is 0.351. The van der Waals surface area contributed by atoms with Crippen LogP contribution < -0.4 is 76.4 Å². The highest BCUT2D eigenvalue weighted by Gasteiger charge is 2.54. The molecule has 554 valence electrons. The molecule has 1 fully saturated rings. The number of phenolic OH excluding ortho intramolecular Hbond substituents is 2. The maximum absolute atomic E-state index is 14.9. The molecule has 0 aliphatic carbocycles. The number of esters is 1. The zero-order valence-electron chi connectivity index (χ0n) is 57.8. The predicted molar refractivity (Wildman–Crippen MR) is 385 cm³/mol. The molecule has 0 bridgehead atoms. The highest BCUT2D eigenvalue weighted by Crippen LogP contribution is 2.56. The van der Waals surface area contributed by atoms with E-state index >= 15 is 0 Å². The molecule has 2 unspecified atom stereocenters. The van der Waals surface area contributed by atoms with E-state index in [1.807, 2.05) is 12.1 Å². The van der Waals surface area contributed by atoms with E-state index < -0.39 is 144 Å². The van der Waals surface area contributed by atoms with E-state index in [4.69, 9.17) is 49.3 Å². The van der Waals surface area contributed by atoms with Crippen LogP contribution in [0.4, 0.5) is 11.4 Å². The summed E-state index contributed by atoms with van der Waals surface area (Å²) < 4.78 is 12.7. The molecular formula is C74H88N16O15. The molecule has 105 heavy (non-hydrogen) atoms. The Kier molecular flexibility index (Phi) is 25.7. The number of aromatic hydroxyl groups is 2. The average molecular weight is 1440 g/mol. The molecule has 3 aliphatic rings. The monoisotopic (exact) mass is 1440 g/mol. The Balaban J connectivity index is 0.879. The van der Waals surface area contributed by atoms with Crippen LogP contribution in [0.15, 0.2) is 140 Å². The van der Waals surface area contributed by atoms with Gasteiger partial charge in [0.2, 0.25) is 59.1 Å². The topological polar surface area (TPSA) is 517 Å². The summed E-state index contributed by atoms with van der Waals surface area (Å²) >= 11 is 0. The van der Waals surface area contributed by atoms with Crippen molar-refractivity contribution in [2.45, 2.75) is 137 Å². The highest BCUT2D eigenvalue weighted by molar-refractivity contribution is 6.00. The lowest BCUT2D eigenvalue weighted by molar-refractivity contribution is -0.142. The number of primary amides is 3. The number of phenols is 2. The molecule has 0 aromatic heterocycles. The van der Waals surface area contributed by atoms with Crippen LogP contribution in [0, 0.1) is 5.41 Å². The van der Waals surface area contributed by atoms with Gasteiger partial charge in [-0.2, -0.15) is 0 Å². The van der Waals surface area contributed by atoms with Crippen LogP contribution in [0.5, 0.6) is 23.0 Å². The second kappa shape index (κ2) is 35.1. The first-order valence-corrected chi connectivity index (χ1v) is 34.3. The smallest absolute Gasteiger partial charge is 0.340 e. The number of amides is 10. The predicted octanol–water partition coefficient (Wildman–Crippen LogP) is 1.02. The molecule has 1 saturated heterocycles. The maximum atomic E-state index is 14.9. The molecule has 1 spiro atoms. The lowest BCUT2D eigenvalue weighted by Gasteiger charge is -2.37. The van der Waals surface area contributed by atoms with Crippen molar-refractivity contribution in [3.63, 3.8) is 0 Å². The minimum atomic E-state index is -1.86. The van der Waals surface area contributed by atoms with Gasteiger partial charge in [0.1, 0.15) is 65.3 Å². The fourth-order valence-electron chi connectivity index (χ4n) is 13.1. The van der Waals surface area contributed by atoms with Gasteiger partial charge in [0.25, 0.3) is 0 Å². The zero-order chi connectivity index (χ0) is 75.6. The van der Waals surface area contributed by atoms with Gasteiger partial charge >= 0.3 is 5.97 Å². The lowest BCUT2D eigenvalue weighted by Crippen LogP contribution is -2.60. The number of ether oxygens (including phenoxy) is 2. The summed E-state index contributed by atoms with van der Waals surface area (Å²) in [7, 11) is 1.42. The van der Waals surface area contributed by atoms with Gasteiger partial charge in [0, 0.05) is 98.6 Å². The second-order valence-electron chi connectivity index (χ2n) is 26.1. The number of nitrogens with two attached hydrogens (primary N) is 6. The van der Waals surface area contributed by atoms with E-state index in [2.05, 4.69) is 37.2 Å². The molecular weight excluding hydrogens is 1350 g/mol. The molecule has 9 atom stereocenters. The van der Waals surface area contributed by atoms with Crippen molar-refractivity contribution >= 4 is 82.4 Å². The highest BCUT2D eigenvalue weighted by atomic mass is 16.6. The normalized spacial score (nSPS) is 16.6. The molecule has 9 rings (SSSR count). The van der Waals surface area contributed by atoms with Gasteiger partial charge in [-0.25, -0.2) is 4.79 Å². The number of aryl methyl sites for hydroxylation is 1. The van der Waals surface area contributed by atoms with Gasteiger partial charge in [-0.1, -0.05) is 72.8 Å². The number of benzene rings is 6. The molecule has 31 heteroatoms. The number of hydrogen-bond donors (Lipinski definition) is 16. The van der Waals surface area contributed by atoms with Crippen molar-refractivity contribution in [1.29, 1.82) is 5.41 Å². The van der Waals surface area contributed by atoms with Gasteiger partial charge in [0.15, 0.2) is 11.6 Å². The molecule has 3 aliphatic heterocycles. The number of nitrogens with zero attached hydrogens (tertiary/aromatic N) is 2. The van der Waals surface area contributed by atoms with E-state index in [9.17, 15) is 63.0 Å². The third kappa shape index (κ3) is 19.7. The molecule has 3 heterocycles. The van der Waals surface area contributed by atoms with Crippen LogP contribution in [0.1, 0.15) is 108 Å². The Hall–Kier alpha value is -12.3. The van der Waals surface area contributed by atoms with Gasteiger partial charge in [-0.15, -0.1) is 0 Å². The Bertz CT molecular complexity index is 4220. The standard InChI is InChI=1S/C74H88N16O15/c1-89(64(95)32-19-41-15-23-47(91)24-16-41)59(36-43-17-25-48(92)26-18-43)70(101)88-56(35-42-9-3-2-4-10-42)67(98)85-54(30-31-62(77)93)66(97)87-57(39-63(78)94)68(99)86-55(13-7-33-82-73(80)81)71(102)90-34-8-14-58(90)69(100)84-53(65(79)96)29-22-46(40-75)83-45-21-28-52-61(38-45)104-60-37-44(76)20-27-51(60)74(52)50-12-6-5-11-49(50)72(103)105-74/h2-6,9-12,15-18,20-21,23-28,37-38,46,53-59,83,91-92H,7-8,13-14,19,22,29-36,39-40,75-76H2,1H3,(H2,77,93)(H2,78,94)(H2,79,96)(H,84,100)(H,85,98)(H,86,99)(H,87,97)(H,88,101)(H4,80,81,82)/t46?,53-,54-,55-,56-,57-,58-,59+,74?/m0/s1. The minimum absolute atomic E-state index is 0.000685. The molecule has 0 radical (unpaired) electrons. The number of nitrogen functional groups attached to an aromatic ring is 1. The number of carbonyl (C=O) groups excluding carboxylic acids is 11. The summed E-state index contributed by atoms with van der Waals surface area (Å²) in [4.78, 5) is 156. The van der Waals surface area contributed by atoms with Crippen molar-refractivity contribution < 1.29 is 72.4 Å². The van der Waals surface area contributed by atoms with Crippen molar-refractivity contribution in [3.8, 4) is 23.0 Å². The van der Waals surface area contributed by atoms with E-state index in [-0.39, 0.29) is 88.9 Å². The SMILES string of the molecule is CN(C(=O)CCc1ccc(O)cc1)[C@H](Cc1ccc(O)cc1)C(=O)N[C@@H](Cc1ccccc1)C(=O)N[C@@H](CCC(N)=O)C(=O)N[C@@H](CC(N)=O)C(=O)N[C@@H](CCCNC(=N)N)C(=O)N1CCC[C@H]1C(=O)N[C@@H](CCC(CN)Nc1ccc2c(c1)Oc1cc(N)ccc1C21OC(=O)c2ccccc21)C(N)=O. The average Bonchev–Trinajstić information content (AvgIpc) is 1.60. The van der Waals surface area contributed by atoms with Crippen molar-refractivity contribution in [3.05, 3.63) is 178 Å². The van der Waals surface area contributed by atoms with E-state index in [1.165, 1.54) is 41.1 Å². The number of hydrogen-bond acceptors (Lipinski definition) is 19. The Labute approximate surface area is 604 Å². The Morgan fingerprint density at radius 2 is 1.24 bits per heavy atom. The van der Waals surface area contributed by atoms with Crippen molar-refractivity contribution in [2.24, 2.45) is 28.7 Å². The molecule has 6 aromatic rings. The summed E-state index contributed by atoms with van der Waals surface area (Å²) in [6.45, 7) is 0.0690. The van der Waals surface area contributed by atoms with Crippen LogP contribution in [-0.2, 0) is 77.5 Å². The van der Waals surface area contributed by atoms with Crippen LogP contribution in [0.2, 0.25) is 0 Å². The zero-order valence-corrected chi connectivity index (χ0v) is 57.8. The maximum Gasteiger partial charge on any atom is 0.340 e. The van der Waals surface area contributed by atoms with Gasteiger partial charge in [-0.05, 0) is 123 Å². The van der Waals surface area contributed by atoms with Crippen molar-refractivity contribution in [1.82, 2.24) is 41.7 Å². The molecule has 6 aromatic carbocycles. The molecule has 31 nitrogen and oxygen atoms in total. The summed E-state index contributed by atoms with van der Waals surface area (Å²) in [6, 6.07) is 27.3. The van der Waals surface area contributed by atoms with Crippen LogP contribution >= 0.6 is 0 Å². The first-order chi connectivity index (χ1) is 50.2. The van der Waals surface area contributed by atoms with E-state index in [1.54, 1.807) is 103 Å². The van der Waals surface area contributed by atoms with Gasteiger partial charge in [0.05, 0.1) is 12.0 Å². The van der Waals surface area contributed by atoms with Crippen molar-refractivity contribution in [2.75, 3.05) is 37.7 Å². The number of fused-ring (bicyclic) bond motifs is 6. The number of rotatable bonds is 35. The number of likely N-dealkylation sites (tertiary alicyclic amines) is 1.